The lowest BCUT2D eigenvalue weighted by atomic mass is 10.0. The zero-order chi connectivity index (χ0) is 10.9. The Bertz CT molecular complexity index is 198. The van der Waals surface area contributed by atoms with Crippen LogP contribution in [0.5, 0.6) is 0 Å². The lowest BCUT2D eigenvalue weighted by Gasteiger charge is -2.35. The third-order valence-corrected chi connectivity index (χ3v) is 3.11. The highest BCUT2D eigenvalue weighted by molar-refractivity contribution is 4.80. The Kier molecular flexibility index (Phi) is 6.38. The zero-order valence-electron chi connectivity index (χ0n) is 9.84. The Labute approximate surface area is 93.5 Å². The van der Waals surface area contributed by atoms with E-state index in [1.54, 1.807) is 0 Å². The molecule has 1 aliphatic rings. The van der Waals surface area contributed by atoms with E-state index >= 15 is 0 Å². The maximum atomic E-state index is 8.52. The van der Waals surface area contributed by atoms with Crippen LogP contribution in [-0.4, -0.2) is 37.1 Å². The van der Waals surface area contributed by atoms with Crippen molar-refractivity contribution >= 4 is 0 Å². The molecule has 0 aromatic heterocycles. The summed E-state index contributed by atoms with van der Waals surface area (Å²) >= 11 is 0. The van der Waals surface area contributed by atoms with Gasteiger partial charge in [0.25, 0.3) is 0 Å². The van der Waals surface area contributed by atoms with E-state index in [0.29, 0.717) is 12.5 Å². The highest BCUT2D eigenvalue weighted by Gasteiger charge is 2.20. The molecular formula is C12H23N3. The van der Waals surface area contributed by atoms with Crippen LogP contribution < -0.4 is 5.32 Å². The van der Waals surface area contributed by atoms with Crippen molar-refractivity contribution in [2.45, 2.75) is 45.1 Å². The average molecular weight is 209 g/mol. The molecule has 0 aromatic carbocycles. The van der Waals surface area contributed by atoms with Crippen LogP contribution in [0.1, 0.15) is 39.0 Å². The molecule has 0 saturated carbocycles. The third-order valence-electron chi connectivity index (χ3n) is 3.11. The Balaban J connectivity index is 2.26. The lowest BCUT2D eigenvalue weighted by molar-refractivity contribution is 0.145. The van der Waals surface area contributed by atoms with Gasteiger partial charge >= 0.3 is 0 Å². The van der Waals surface area contributed by atoms with Crippen LogP contribution in [0.2, 0.25) is 0 Å². The highest BCUT2D eigenvalue weighted by atomic mass is 15.2. The van der Waals surface area contributed by atoms with E-state index in [4.69, 9.17) is 5.26 Å². The molecule has 0 amide bonds. The number of likely N-dealkylation sites (N-methyl/N-ethyl adjacent to an activating group) is 1. The summed E-state index contributed by atoms with van der Waals surface area (Å²) in [6.45, 7) is 6.65. The van der Waals surface area contributed by atoms with Gasteiger partial charge in [0.1, 0.15) is 0 Å². The molecule has 0 spiro atoms. The van der Waals surface area contributed by atoms with Gasteiger partial charge in [0.15, 0.2) is 0 Å². The number of likely N-dealkylation sites (tertiary alicyclic amines) is 1. The van der Waals surface area contributed by atoms with Crippen molar-refractivity contribution in [2.24, 2.45) is 0 Å². The molecule has 0 radical (unpaired) electrons. The van der Waals surface area contributed by atoms with Crippen LogP contribution in [0.3, 0.4) is 0 Å². The minimum absolute atomic E-state index is 0.699. The van der Waals surface area contributed by atoms with E-state index in [-0.39, 0.29) is 0 Å². The van der Waals surface area contributed by atoms with E-state index in [1.165, 1.54) is 25.8 Å². The molecule has 1 rings (SSSR count). The summed E-state index contributed by atoms with van der Waals surface area (Å²) in [6.07, 6.45) is 5.74. The Morgan fingerprint density at radius 1 is 1.47 bits per heavy atom. The van der Waals surface area contributed by atoms with Gasteiger partial charge in [-0.1, -0.05) is 13.3 Å². The highest BCUT2D eigenvalue weighted by Crippen LogP contribution is 2.16. The van der Waals surface area contributed by atoms with Gasteiger partial charge in [0.2, 0.25) is 0 Å². The number of hydrogen-bond donors (Lipinski definition) is 1. The largest absolute Gasteiger partial charge is 0.315 e. The summed E-state index contributed by atoms with van der Waals surface area (Å²) in [7, 11) is 0. The first-order chi connectivity index (χ1) is 7.38. The fourth-order valence-electron chi connectivity index (χ4n) is 2.26. The Morgan fingerprint density at radius 2 is 2.33 bits per heavy atom. The third kappa shape index (κ3) is 4.63. The molecule has 1 fully saturated rings. The molecule has 86 valence electrons. The van der Waals surface area contributed by atoms with Crippen molar-refractivity contribution in [3.63, 3.8) is 0 Å². The minimum Gasteiger partial charge on any atom is -0.315 e. The standard InChI is InChI=1S/C12H23N3/c1-2-14-11-12-7-3-5-9-15(12)10-6-4-8-13/h12,14H,2-7,9-11H2,1H3. The van der Waals surface area contributed by atoms with Crippen molar-refractivity contribution in [3.8, 4) is 6.07 Å². The van der Waals surface area contributed by atoms with Crippen molar-refractivity contribution in [1.82, 2.24) is 10.2 Å². The summed E-state index contributed by atoms with van der Waals surface area (Å²) in [5, 5.41) is 12.0. The van der Waals surface area contributed by atoms with E-state index < -0.39 is 0 Å². The van der Waals surface area contributed by atoms with Gasteiger partial charge in [0.05, 0.1) is 6.07 Å². The SMILES string of the molecule is CCNCC1CCCCN1CCCC#N. The fraction of sp³-hybridized carbons (Fsp3) is 0.917. The molecule has 0 aromatic rings. The average Bonchev–Trinajstić information content (AvgIpc) is 2.28. The van der Waals surface area contributed by atoms with Crippen LogP contribution in [0.4, 0.5) is 0 Å². The van der Waals surface area contributed by atoms with Crippen molar-refractivity contribution in [2.75, 3.05) is 26.2 Å². The molecule has 1 N–H and O–H groups in total. The first-order valence-corrected chi connectivity index (χ1v) is 6.20. The normalized spacial score (nSPS) is 22.5. The molecule has 3 heteroatoms. The van der Waals surface area contributed by atoms with E-state index in [9.17, 15) is 0 Å². The molecule has 1 saturated heterocycles. The molecule has 1 atom stereocenters. The van der Waals surface area contributed by atoms with Gasteiger partial charge in [-0.3, -0.25) is 4.90 Å². The molecule has 15 heavy (non-hydrogen) atoms. The maximum absolute atomic E-state index is 8.52. The van der Waals surface area contributed by atoms with Crippen molar-refractivity contribution in [3.05, 3.63) is 0 Å². The molecule has 3 nitrogen and oxygen atoms in total. The smallest absolute Gasteiger partial charge is 0.0622 e. The van der Waals surface area contributed by atoms with Gasteiger partial charge < -0.3 is 5.32 Å². The van der Waals surface area contributed by atoms with Crippen LogP contribution in [0, 0.1) is 11.3 Å². The second-order valence-corrected chi connectivity index (χ2v) is 4.25. The molecule has 1 unspecified atom stereocenters. The molecule has 0 bridgehead atoms. The van der Waals surface area contributed by atoms with Crippen molar-refractivity contribution < 1.29 is 0 Å². The predicted octanol–water partition coefficient (Wildman–Crippen LogP) is 1.75. The molecule has 1 heterocycles. The molecular weight excluding hydrogens is 186 g/mol. The number of unbranched alkanes of at least 4 members (excludes halogenated alkanes) is 1. The predicted molar refractivity (Wildman–Crippen MR) is 62.6 cm³/mol. The number of hydrogen-bond acceptors (Lipinski definition) is 3. The van der Waals surface area contributed by atoms with Crippen LogP contribution in [0.15, 0.2) is 0 Å². The van der Waals surface area contributed by atoms with Gasteiger partial charge in [-0.2, -0.15) is 5.26 Å². The van der Waals surface area contributed by atoms with Crippen LogP contribution >= 0.6 is 0 Å². The van der Waals surface area contributed by atoms with E-state index in [1.807, 2.05) is 0 Å². The quantitative estimate of drug-likeness (QED) is 0.677. The Morgan fingerprint density at radius 3 is 3.07 bits per heavy atom. The second kappa shape index (κ2) is 7.67. The monoisotopic (exact) mass is 209 g/mol. The second-order valence-electron chi connectivity index (χ2n) is 4.25. The van der Waals surface area contributed by atoms with E-state index in [0.717, 1.165) is 26.1 Å². The van der Waals surface area contributed by atoms with Crippen LogP contribution in [0.25, 0.3) is 0 Å². The summed E-state index contributed by atoms with van der Waals surface area (Å²) in [6, 6.07) is 2.93. The number of rotatable bonds is 6. The fourth-order valence-corrected chi connectivity index (χ4v) is 2.26. The van der Waals surface area contributed by atoms with Crippen molar-refractivity contribution in [1.29, 1.82) is 5.26 Å². The summed E-state index contributed by atoms with van der Waals surface area (Å²) < 4.78 is 0. The van der Waals surface area contributed by atoms with Crippen LogP contribution in [-0.2, 0) is 0 Å². The minimum atomic E-state index is 0.699. The van der Waals surface area contributed by atoms with Gasteiger partial charge in [-0.15, -0.1) is 0 Å². The maximum Gasteiger partial charge on any atom is 0.0622 e. The lowest BCUT2D eigenvalue weighted by Crippen LogP contribution is -2.45. The first-order valence-electron chi connectivity index (χ1n) is 6.20. The number of nitrogens with one attached hydrogen (secondary N) is 1. The summed E-state index contributed by atoms with van der Waals surface area (Å²) in [5.74, 6) is 0. The first kappa shape index (κ1) is 12.5. The zero-order valence-corrected chi connectivity index (χ0v) is 9.84. The van der Waals surface area contributed by atoms with Gasteiger partial charge in [-0.05, 0) is 38.9 Å². The molecule has 1 aliphatic heterocycles. The summed E-state index contributed by atoms with van der Waals surface area (Å²) in [5.41, 5.74) is 0. The van der Waals surface area contributed by atoms with E-state index in [2.05, 4.69) is 23.2 Å². The Hall–Kier alpha value is -0.590. The number of nitriles is 1. The molecule has 0 aliphatic carbocycles. The summed E-state index contributed by atoms with van der Waals surface area (Å²) in [4.78, 5) is 2.56. The number of piperidine rings is 1. The number of nitrogens with zero attached hydrogens (tertiary/aromatic N) is 2. The van der Waals surface area contributed by atoms with Gasteiger partial charge in [0, 0.05) is 19.0 Å². The topological polar surface area (TPSA) is 39.1 Å². The van der Waals surface area contributed by atoms with Gasteiger partial charge in [-0.25, -0.2) is 0 Å².